The molecule has 34 heavy (non-hydrogen) atoms. The molecule has 182 valence electrons. The summed E-state index contributed by atoms with van der Waals surface area (Å²) >= 11 is -3.42. The topological polar surface area (TPSA) is 0 Å². The molecule has 0 aromatic heterocycles. The Morgan fingerprint density at radius 3 is 1.32 bits per heavy atom. The van der Waals surface area contributed by atoms with Crippen molar-refractivity contribution in [1.29, 1.82) is 0 Å². The summed E-state index contributed by atoms with van der Waals surface area (Å²) in [4.78, 5) is 0. The molecule has 0 amide bonds. The van der Waals surface area contributed by atoms with Gasteiger partial charge in [0, 0.05) is 0 Å². The van der Waals surface area contributed by atoms with Crippen molar-refractivity contribution < 1.29 is 17.4 Å². The normalized spacial score (nSPS) is 16.1. The Kier molecular flexibility index (Phi) is 10.2. The molecular formula is C30H40Cl2SiZr. The second kappa shape index (κ2) is 11.9. The molecule has 2 aliphatic rings. The van der Waals surface area contributed by atoms with E-state index in [0.29, 0.717) is 0 Å². The SMILES string of the molecule is CCCC1=CC(c2ccccc2)=[C]([Zr]([CH3])([CH3])(=[SiH2])[C]2=C(c3ccccc3)C=C(CCC)C2)C1.Cl.Cl. The zero-order chi connectivity index (χ0) is 22.8. The van der Waals surface area contributed by atoms with Crippen molar-refractivity contribution in [2.24, 2.45) is 0 Å². The van der Waals surface area contributed by atoms with Crippen LogP contribution in [0.1, 0.15) is 63.5 Å². The fourth-order valence-corrected chi connectivity index (χ4v) is 19.5. The van der Waals surface area contributed by atoms with Gasteiger partial charge in [-0.1, -0.05) is 0 Å². The van der Waals surface area contributed by atoms with Crippen molar-refractivity contribution >= 4 is 42.8 Å². The maximum Gasteiger partial charge on any atom is -0.147 e. The van der Waals surface area contributed by atoms with Crippen LogP contribution in [-0.4, -0.2) is 6.88 Å². The maximum atomic E-state index is 2.71. The van der Waals surface area contributed by atoms with Crippen LogP contribution in [0.2, 0.25) is 9.26 Å². The Labute approximate surface area is 222 Å². The van der Waals surface area contributed by atoms with Gasteiger partial charge in [0.05, 0.1) is 0 Å². The quantitative estimate of drug-likeness (QED) is 0.269. The number of allylic oxidation sites excluding steroid dienone is 8. The smallest absolute Gasteiger partial charge is 0.147 e. The van der Waals surface area contributed by atoms with Crippen molar-refractivity contribution in [3.05, 3.63) is 102 Å². The van der Waals surface area contributed by atoms with Crippen LogP contribution in [0.25, 0.3) is 11.1 Å². The standard InChI is InChI=1S/2C14H15.2CH3.2ClH.H2Si.Zr/c2*1-2-6-12-9-10-14(11-12)13-7-4-3-5-8-13;;;;;;/h2*3-5,7-8,11H,2,6,9H2,1H3;2*1H3;2*1H;1H2;. The van der Waals surface area contributed by atoms with Crippen molar-refractivity contribution in [3.8, 4) is 0 Å². The van der Waals surface area contributed by atoms with Crippen LogP contribution in [0, 0.1) is 0 Å². The van der Waals surface area contributed by atoms with Gasteiger partial charge in [-0.3, -0.25) is 0 Å². The third kappa shape index (κ3) is 5.89. The van der Waals surface area contributed by atoms with Crippen LogP contribution >= 0.6 is 24.8 Å². The molecule has 0 bridgehead atoms. The van der Waals surface area contributed by atoms with Crippen molar-refractivity contribution in [1.82, 2.24) is 0 Å². The monoisotopic (exact) mass is 588 g/mol. The van der Waals surface area contributed by atoms with Crippen LogP contribution < -0.4 is 0 Å². The molecule has 4 heteroatoms. The molecule has 4 rings (SSSR count). The Bertz CT molecular complexity index is 1110. The van der Waals surface area contributed by atoms with Crippen LogP contribution in [-0.2, 0) is 17.4 Å². The second-order valence-electron chi connectivity index (χ2n) is 10.7. The molecule has 0 atom stereocenters. The Morgan fingerprint density at radius 1 is 0.647 bits per heavy atom. The summed E-state index contributed by atoms with van der Waals surface area (Å²) in [5.41, 5.74) is 9.18. The third-order valence-electron chi connectivity index (χ3n) is 7.40. The van der Waals surface area contributed by atoms with Gasteiger partial charge < -0.3 is 0 Å². The van der Waals surface area contributed by atoms with E-state index in [9.17, 15) is 0 Å². The molecule has 0 heterocycles. The molecule has 0 N–H and O–H groups in total. The molecular weight excluding hydrogens is 551 g/mol. The van der Waals surface area contributed by atoms with E-state index in [4.69, 9.17) is 0 Å². The summed E-state index contributed by atoms with van der Waals surface area (Å²) < 4.78 is 9.02. The van der Waals surface area contributed by atoms with Crippen molar-refractivity contribution in [2.45, 2.75) is 61.6 Å². The average molecular weight is 591 g/mol. The summed E-state index contributed by atoms with van der Waals surface area (Å²) in [7, 11) is 0. The van der Waals surface area contributed by atoms with E-state index in [1.165, 1.54) is 49.7 Å². The Morgan fingerprint density at radius 2 is 1.00 bits per heavy atom. The second-order valence-corrected chi connectivity index (χ2v) is 39.4. The molecule has 0 spiro atoms. The first-order chi connectivity index (χ1) is 15.3. The van der Waals surface area contributed by atoms with Gasteiger partial charge in [0.1, 0.15) is 0 Å². The maximum absolute atomic E-state index is 3.42. The molecule has 0 aliphatic heterocycles. The number of hydrogen-bond donors (Lipinski definition) is 0. The first-order valence-electron chi connectivity index (χ1n) is 12.4. The zero-order valence-electron chi connectivity index (χ0n) is 21.2. The van der Waals surface area contributed by atoms with E-state index >= 15 is 0 Å². The molecule has 0 unspecified atom stereocenters. The van der Waals surface area contributed by atoms with E-state index in [0.717, 1.165) is 0 Å². The summed E-state index contributed by atoms with van der Waals surface area (Å²) in [5, 5.41) is 0. The number of rotatable bonds is 8. The summed E-state index contributed by atoms with van der Waals surface area (Å²) in [6.45, 7) is 7.04. The van der Waals surface area contributed by atoms with Crippen molar-refractivity contribution in [2.75, 3.05) is 0 Å². The molecule has 2 aromatic carbocycles. The van der Waals surface area contributed by atoms with E-state index in [1.807, 2.05) is 0 Å². The first kappa shape index (κ1) is 29.3. The van der Waals surface area contributed by atoms with E-state index in [-0.39, 0.29) is 24.8 Å². The van der Waals surface area contributed by atoms with E-state index in [1.54, 1.807) is 28.9 Å². The molecule has 0 saturated carbocycles. The van der Waals surface area contributed by atoms with E-state index < -0.39 is 17.4 Å². The predicted octanol–water partition coefficient (Wildman–Crippen LogP) is 9.25. The average Bonchev–Trinajstić information content (AvgIpc) is 3.42. The van der Waals surface area contributed by atoms with Gasteiger partial charge in [-0.25, -0.2) is 0 Å². The summed E-state index contributed by atoms with van der Waals surface area (Å²) in [6.07, 6.45) is 12.4. The van der Waals surface area contributed by atoms with E-state index in [2.05, 4.69) is 103 Å². The summed E-state index contributed by atoms with van der Waals surface area (Å²) in [6, 6.07) is 22.3. The van der Waals surface area contributed by atoms with Crippen molar-refractivity contribution in [3.63, 3.8) is 0 Å². The van der Waals surface area contributed by atoms with Gasteiger partial charge in [0.15, 0.2) is 0 Å². The predicted molar refractivity (Wildman–Crippen MR) is 157 cm³/mol. The van der Waals surface area contributed by atoms with Crippen LogP contribution in [0.5, 0.6) is 0 Å². The number of hydrogen-bond acceptors (Lipinski definition) is 0. The van der Waals surface area contributed by atoms with Crippen LogP contribution in [0.15, 0.2) is 90.5 Å². The van der Waals surface area contributed by atoms with Gasteiger partial charge in [-0.2, -0.15) is 0 Å². The minimum Gasteiger partial charge on any atom is -0.147 e. The Hall–Kier alpha value is -0.920. The third-order valence-corrected chi connectivity index (χ3v) is 24.2. The molecule has 2 aliphatic carbocycles. The van der Waals surface area contributed by atoms with Gasteiger partial charge in [-0.05, 0) is 0 Å². The molecule has 0 saturated heterocycles. The Balaban J connectivity index is 0.00000204. The zero-order valence-corrected chi connectivity index (χ0v) is 26.7. The minimum atomic E-state index is -3.42. The minimum absolute atomic E-state index is 0. The molecule has 2 aromatic rings. The van der Waals surface area contributed by atoms with Crippen LogP contribution in [0.4, 0.5) is 0 Å². The largest absolute Gasteiger partial charge is 0.147 e. The number of halogens is 2. The fourth-order valence-electron chi connectivity index (χ4n) is 5.66. The number of benzene rings is 2. The fraction of sp³-hybridized carbons (Fsp3) is 0.333. The molecule has 0 fully saturated rings. The first-order valence-corrected chi connectivity index (χ1v) is 25.7. The molecule has 0 radical (unpaired) electrons. The summed E-state index contributed by atoms with van der Waals surface area (Å²) in [5.74, 6) is 0. The van der Waals surface area contributed by atoms with Gasteiger partial charge >= 0.3 is 199 Å². The van der Waals surface area contributed by atoms with Gasteiger partial charge in [0.2, 0.25) is 0 Å². The van der Waals surface area contributed by atoms with Crippen LogP contribution in [0.3, 0.4) is 0 Å². The van der Waals surface area contributed by atoms with Gasteiger partial charge in [-0.15, -0.1) is 24.8 Å². The van der Waals surface area contributed by atoms with Gasteiger partial charge in [0.25, 0.3) is 0 Å². The molecule has 0 nitrogen and oxygen atoms in total.